The van der Waals surface area contributed by atoms with Crippen LogP contribution in [-0.4, -0.2) is 6.18 Å². The normalized spacial score (nSPS) is 19.8. The zero-order valence-corrected chi connectivity index (χ0v) is 9.01. The van der Waals surface area contributed by atoms with E-state index in [2.05, 4.69) is 15.9 Å². The highest BCUT2D eigenvalue weighted by atomic mass is 79.9. The molecule has 1 rings (SSSR count). The van der Waals surface area contributed by atoms with Crippen molar-refractivity contribution in [3.63, 3.8) is 0 Å². The van der Waals surface area contributed by atoms with Gasteiger partial charge in [-0.2, -0.15) is 13.2 Å². The summed E-state index contributed by atoms with van der Waals surface area (Å²) in [7, 11) is 0. The number of hydrogen-bond acceptors (Lipinski definition) is 0. The van der Waals surface area contributed by atoms with Crippen molar-refractivity contribution in [3.05, 3.63) is 21.2 Å². The molecule has 0 fully saturated rings. The molecule has 0 spiro atoms. The van der Waals surface area contributed by atoms with Crippen molar-refractivity contribution in [3.8, 4) is 0 Å². The maximum Gasteiger partial charge on any atom is 0.413 e. The predicted molar refractivity (Wildman–Crippen MR) is 49.6 cm³/mol. The lowest BCUT2D eigenvalue weighted by atomic mass is 9.93. The quantitative estimate of drug-likeness (QED) is 0.565. The van der Waals surface area contributed by atoms with Crippen molar-refractivity contribution in [1.82, 2.24) is 0 Å². The molecule has 0 atom stereocenters. The Morgan fingerprint density at radius 1 is 1.08 bits per heavy atom. The minimum atomic E-state index is -4.19. The van der Waals surface area contributed by atoms with E-state index >= 15 is 0 Å². The second-order valence-corrected chi connectivity index (χ2v) is 4.25. The van der Waals surface area contributed by atoms with Gasteiger partial charge in [-0.25, -0.2) is 0 Å². The van der Waals surface area contributed by atoms with E-state index in [0.29, 0.717) is 6.42 Å². The maximum atomic E-state index is 12.4. The third-order valence-electron chi connectivity index (χ3n) is 2.26. The van der Waals surface area contributed by atoms with E-state index in [4.69, 9.17) is 0 Å². The second kappa shape index (κ2) is 3.48. The molecule has 0 saturated heterocycles. The van der Waals surface area contributed by atoms with E-state index in [-0.39, 0.29) is 10.9 Å². The first-order chi connectivity index (χ1) is 5.82. The van der Waals surface area contributed by atoms with Gasteiger partial charge < -0.3 is 0 Å². The van der Waals surface area contributed by atoms with Crippen LogP contribution in [0, 0.1) is 0 Å². The van der Waals surface area contributed by atoms with Crippen molar-refractivity contribution in [1.29, 1.82) is 0 Å². The molecule has 0 bridgehead atoms. The van der Waals surface area contributed by atoms with Crippen LogP contribution in [0.5, 0.6) is 0 Å². The van der Waals surface area contributed by atoms with Crippen molar-refractivity contribution in [2.24, 2.45) is 0 Å². The smallest absolute Gasteiger partial charge is 0.166 e. The van der Waals surface area contributed by atoms with E-state index in [1.165, 1.54) is 0 Å². The molecule has 0 aromatic rings. The monoisotopic (exact) mass is 254 g/mol. The number of rotatable bonds is 0. The number of hydrogen-bond donors (Lipinski definition) is 0. The molecule has 1 aliphatic rings. The van der Waals surface area contributed by atoms with Gasteiger partial charge in [0.25, 0.3) is 0 Å². The zero-order valence-electron chi connectivity index (χ0n) is 7.43. The lowest BCUT2D eigenvalue weighted by molar-refractivity contribution is -0.0938. The lowest BCUT2D eigenvalue weighted by Gasteiger charge is -2.21. The van der Waals surface area contributed by atoms with Gasteiger partial charge in [0.15, 0.2) is 0 Å². The fourth-order valence-corrected chi connectivity index (χ4v) is 2.04. The van der Waals surface area contributed by atoms with Crippen molar-refractivity contribution < 1.29 is 13.2 Å². The van der Waals surface area contributed by atoms with Crippen molar-refractivity contribution in [2.75, 3.05) is 0 Å². The maximum absolute atomic E-state index is 12.4. The Hall–Kier alpha value is -0.250. The van der Waals surface area contributed by atoms with Crippen LogP contribution in [0.15, 0.2) is 21.2 Å². The zero-order chi connectivity index (χ0) is 10.2. The van der Waals surface area contributed by atoms with Gasteiger partial charge in [-0.05, 0) is 20.3 Å². The van der Waals surface area contributed by atoms with Crippen LogP contribution in [0.3, 0.4) is 0 Å². The summed E-state index contributed by atoms with van der Waals surface area (Å²) in [5, 5.41) is 0. The average molecular weight is 255 g/mol. The van der Waals surface area contributed by atoms with Crippen LogP contribution in [0.1, 0.15) is 26.7 Å². The van der Waals surface area contributed by atoms with Crippen LogP contribution < -0.4 is 0 Å². The summed E-state index contributed by atoms with van der Waals surface area (Å²) in [6, 6.07) is 0. The van der Waals surface area contributed by atoms with E-state index < -0.39 is 11.7 Å². The van der Waals surface area contributed by atoms with Crippen LogP contribution in [0.2, 0.25) is 0 Å². The Morgan fingerprint density at radius 3 is 2.00 bits per heavy atom. The Kier molecular flexibility index (Phi) is 2.90. The number of halogens is 4. The summed E-state index contributed by atoms with van der Waals surface area (Å²) in [6.45, 7) is 3.62. The van der Waals surface area contributed by atoms with Gasteiger partial charge in [-0.15, -0.1) is 0 Å². The highest BCUT2D eigenvalue weighted by Crippen LogP contribution is 2.41. The first kappa shape index (κ1) is 10.8. The summed E-state index contributed by atoms with van der Waals surface area (Å²) >= 11 is 2.98. The predicted octanol–water partition coefficient (Wildman–Crippen LogP) is 4.33. The summed E-state index contributed by atoms with van der Waals surface area (Å²) in [5.74, 6) is 0. The fourth-order valence-electron chi connectivity index (χ4n) is 1.26. The Bertz CT molecular complexity index is 284. The van der Waals surface area contributed by atoms with Crippen LogP contribution in [0.4, 0.5) is 13.2 Å². The van der Waals surface area contributed by atoms with Crippen molar-refractivity contribution >= 4 is 15.9 Å². The minimum absolute atomic E-state index is 0.0237. The Morgan fingerprint density at radius 2 is 1.54 bits per heavy atom. The molecular weight excluding hydrogens is 245 g/mol. The summed E-state index contributed by atoms with van der Waals surface area (Å²) in [6.07, 6.45) is -3.78. The summed E-state index contributed by atoms with van der Waals surface area (Å²) in [5.41, 5.74) is 1.42. The molecular formula is C9H10BrF3. The lowest BCUT2D eigenvalue weighted by Crippen LogP contribution is -2.16. The molecule has 0 N–H and O–H groups in total. The van der Waals surface area contributed by atoms with Crippen molar-refractivity contribution in [2.45, 2.75) is 32.9 Å². The molecule has 0 heterocycles. The molecule has 0 aromatic heterocycles. The molecule has 0 amide bonds. The van der Waals surface area contributed by atoms with Gasteiger partial charge in [-0.3, -0.25) is 0 Å². The van der Waals surface area contributed by atoms with E-state index in [1.54, 1.807) is 6.92 Å². The highest BCUT2D eigenvalue weighted by molar-refractivity contribution is 9.11. The van der Waals surface area contributed by atoms with Crippen LogP contribution in [0.25, 0.3) is 0 Å². The molecule has 13 heavy (non-hydrogen) atoms. The molecule has 0 radical (unpaired) electrons. The summed E-state index contributed by atoms with van der Waals surface area (Å²) < 4.78 is 37.4. The topological polar surface area (TPSA) is 0 Å². The fraction of sp³-hybridized carbons (Fsp3) is 0.556. The summed E-state index contributed by atoms with van der Waals surface area (Å²) in [4.78, 5) is 0. The number of allylic oxidation sites excluding steroid dienone is 4. The molecule has 0 unspecified atom stereocenters. The highest BCUT2D eigenvalue weighted by Gasteiger charge is 2.37. The van der Waals surface area contributed by atoms with Gasteiger partial charge >= 0.3 is 6.18 Å². The van der Waals surface area contributed by atoms with Gasteiger partial charge in [0.05, 0.1) is 0 Å². The SMILES string of the molecule is CC1=C(C)CC(C(F)(F)F)=C(Br)C1. The molecule has 0 aliphatic heterocycles. The molecule has 74 valence electrons. The first-order valence-electron chi connectivity index (χ1n) is 3.92. The molecule has 4 heteroatoms. The van der Waals surface area contributed by atoms with E-state index in [0.717, 1.165) is 11.1 Å². The van der Waals surface area contributed by atoms with Crippen LogP contribution >= 0.6 is 15.9 Å². The Labute approximate surface area is 83.6 Å². The molecule has 0 aromatic carbocycles. The molecule has 0 saturated carbocycles. The second-order valence-electron chi connectivity index (χ2n) is 3.30. The van der Waals surface area contributed by atoms with Gasteiger partial charge in [0.1, 0.15) is 0 Å². The van der Waals surface area contributed by atoms with Crippen LogP contribution in [-0.2, 0) is 0 Å². The first-order valence-corrected chi connectivity index (χ1v) is 4.71. The Balaban J connectivity index is 2.96. The molecule has 0 nitrogen and oxygen atoms in total. The third-order valence-corrected chi connectivity index (χ3v) is 3.02. The van der Waals surface area contributed by atoms with Gasteiger partial charge in [-0.1, -0.05) is 27.1 Å². The largest absolute Gasteiger partial charge is 0.413 e. The minimum Gasteiger partial charge on any atom is -0.166 e. The molecule has 1 aliphatic carbocycles. The third kappa shape index (κ3) is 2.36. The standard InChI is InChI=1S/C9H10BrF3/c1-5-3-7(9(11,12)13)8(10)4-6(5)2/h3-4H2,1-2H3. The van der Waals surface area contributed by atoms with Gasteiger partial charge in [0.2, 0.25) is 0 Å². The van der Waals surface area contributed by atoms with E-state index in [1.807, 2.05) is 6.92 Å². The van der Waals surface area contributed by atoms with Gasteiger partial charge in [0, 0.05) is 16.5 Å². The van der Waals surface area contributed by atoms with E-state index in [9.17, 15) is 13.2 Å². The number of alkyl halides is 3. The average Bonchev–Trinajstić information content (AvgIpc) is 1.94.